The number of hydrogen-bond donors (Lipinski definition) is 2. The molecule has 144 valence electrons. The Morgan fingerprint density at radius 3 is 2.46 bits per heavy atom. The summed E-state index contributed by atoms with van der Waals surface area (Å²) < 4.78 is 38.4. The van der Waals surface area contributed by atoms with Crippen LogP contribution >= 0.6 is 0 Å². The summed E-state index contributed by atoms with van der Waals surface area (Å²) in [5.41, 5.74) is 2.36. The number of aryl methyl sites for hydroxylation is 1. The Kier molecular flexibility index (Phi) is 5.63. The Morgan fingerprint density at radius 1 is 1.00 bits per heavy atom. The van der Waals surface area contributed by atoms with Crippen molar-refractivity contribution < 1.29 is 18.0 Å². The van der Waals surface area contributed by atoms with Crippen molar-refractivity contribution in [2.75, 3.05) is 10.6 Å². The molecule has 0 radical (unpaired) electrons. The van der Waals surface area contributed by atoms with E-state index in [-0.39, 0.29) is 11.3 Å². The van der Waals surface area contributed by atoms with Gasteiger partial charge in [0.2, 0.25) is 0 Å². The Bertz CT molecular complexity index is 969. The van der Waals surface area contributed by atoms with Crippen LogP contribution in [0, 0.1) is 6.92 Å². The third-order valence-corrected chi connectivity index (χ3v) is 4.07. The number of carbonyl (C=O) groups is 1. The van der Waals surface area contributed by atoms with Gasteiger partial charge in [-0.25, -0.2) is 0 Å². The number of nitrogens with zero attached hydrogens (tertiary/aromatic N) is 1. The van der Waals surface area contributed by atoms with E-state index in [1.807, 2.05) is 31.2 Å². The van der Waals surface area contributed by atoms with Crippen LogP contribution in [-0.4, -0.2) is 10.9 Å². The first-order valence-corrected chi connectivity index (χ1v) is 8.54. The molecule has 0 saturated carbocycles. The smallest absolute Gasteiger partial charge is 0.380 e. The van der Waals surface area contributed by atoms with Crippen molar-refractivity contribution in [3.63, 3.8) is 0 Å². The summed E-state index contributed by atoms with van der Waals surface area (Å²) >= 11 is 0. The number of nitrogens with one attached hydrogen (secondary N) is 2. The summed E-state index contributed by atoms with van der Waals surface area (Å²) in [6, 6.07) is 14.1. The average Bonchev–Trinajstić information content (AvgIpc) is 2.67. The van der Waals surface area contributed by atoms with Crippen LogP contribution in [-0.2, 0) is 12.7 Å². The van der Waals surface area contributed by atoms with E-state index >= 15 is 0 Å². The first kappa shape index (κ1) is 19.4. The fraction of sp³-hybridized carbons (Fsp3) is 0.143. The SMILES string of the molecule is Cc1ccc(CNc2cncc(C(=O)Nc3cccc(C(F)(F)F)c3)c2)cc1. The number of rotatable bonds is 5. The summed E-state index contributed by atoms with van der Waals surface area (Å²) in [6.45, 7) is 2.56. The minimum atomic E-state index is -4.47. The van der Waals surface area contributed by atoms with Gasteiger partial charge >= 0.3 is 6.18 Å². The molecule has 0 aliphatic rings. The number of benzene rings is 2. The molecule has 0 spiro atoms. The van der Waals surface area contributed by atoms with Gasteiger partial charge in [0.1, 0.15) is 0 Å². The lowest BCUT2D eigenvalue weighted by Gasteiger charge is -2.11. The molecule has 28 heavy (non-hydrogen) atoms. The molecule has 0 unspecified atom stereocenters. The molecule has 0 fully saturated rings. The molecule has 1 aromatic heterocycles. The van der Waals surface area contributed by atoms with Gasteiger partial charge in [-0.05, 0) is 36.8 Å². The molecule has 2 N–H and O–H groups in total. The molecule has 3 rings (SSSR count). The predicted octanol–water partition coefficient (Wildman–Crippen LogP) is 5.27. The summed E-state index contributed by atoms with van der Waals surface area (Å²) in [5.74, 6) is -0.536. The molecule has 4 nitrogen and oxygen atoms in total. The first-order valence-electron chi connectivity index (χ1n) is 8.54. The Morgan fingerprint density at radius 2 is 1.75 bits per heavy atom. The molecule has 7 heteroatoms. The Labute approximate surface area is 160 Å². The van der Waals surface area contributed by atoms with Crippen LogP contribution in [0.3, 0.4) is 0 Å². The van der Waals surface area contributed by atoms with Crippen LogP contribution in [0.2, 0.25) is 0 Å². The van der Waals surface area contributed by atoms with Gasteiger partial charge < -0.3 is 10.6 Å². The van der Waals surface area contributed by atoms with E-state index in [0.29, 0.717) is 12.2 Å². The molecular weight excluding hydrogens is 367 g/mol. The minimum Gasteiger partial charge on any atom is -0.380 e. The fourth-order valence-electron chi connectivity index (χ4n) is 2.55. The van der Waals surface area contributed by atoms with E-state index in [2.05, 4.69) is 15.6 Å². The highest BCUT2D eigenvalue weighted by Crippen LogP contribution is 2.30. The van der Waals surface area contributed by atoms with Crippen molar-refractivity contribution in [3.05, 3.63) is 89.2 Å². The fourth-order valence-corrected chi connectivity index (χ4v) is 2.55. The zero-order valence-corrected chi connectivity index (χ0v) is 15.0. The lowest BCUT2D eigenvalue weighted by Crippen LogP contribution is -2.14. The van der Waals surface area contributed by atoms with Crippen LogP contribution in [0.25, 0.3) is 0 Å². The number of carbonyl (C=O) groups excluding carboxylic acids is 1. The molecule has 3 aromatic rings. The molecule has 0 bridgehead atoms. The van der Waals surface area contributed by atoms with Crippen LogP contribution in [0.5, 0.6) is 0 Å². The minimum absolute atomic E-state index is 0.0674. The van der Waals surface area contributed by atoms with Crippen LogP contribution in [0.1, 0.15) is 27.0 Å². The summed E-state index contributed by atoms with van der Waals surface area (Å²) in [5, 5.41) is 5.65. The number of halogens is 3. The van der Waals surface area contributed by atoms with E-state index in [4.69, 9.17) is 0 Å². The van der Waals surface area contributed by atoms with Crippen LogP contribution in [0.15, 0.2) is 67.0 Å². The third kappa shape index (κ3) is 5.09. The van der Waals surface area contributed by atoms with Gasteiger partial charge in [0, 0.05) is 24.6 Å². The predicted molar refractivity (Wildman–Crippen MR) is 102 cm³/mol. The number of amides is 1. The van der Waals surface area contributed by atoms with Crippen molar-refractivity contribution >= 4 is 17.3 Å². The van der Waals surface area contributed by atoms with Gasteiger partial charge in [-0.15, -0.1) is 0 Å². The van der Waals surface area contributed by atoms with Gasteiger partial charge in [0.25, 0.3) is 5.91 Å². The molecule has 0 atom stereocenters. The van der Waals surface area contributed by atoms with Gasteiger partial charge in [0.05, 0.1) is 16.8 Å². The lowest BCUT2D eigenvalue weighted by molar-refractivity contribution is -0.137. The van der Waals surface area contributed by atoms with Crippen molar-refractivity contribution in [2.45, 2.75) is 19.6 Å². The van der Waals surface area contributed by atoms with E-state index in [1.165, 1.54) is 23.9 Å². The number of pyridine rings is 1. The average molecular weight is 385 g/mol. The Balaban J connectivity index is 1.67. The van der Waals surface area contributed by atoms with E-state index < -0.39 is 17.6 Å². The van der Waals surface area contributed by atoms with Crippen molar-refractivity contribution in [1.82, 2.24) is 4.98 Å². The third-order valence-electron chi connectivity index (χ3n) is 4.07. The second-order valence-corrected chi connectivity index (χ2v) is 6.33. The maximum atomic E-state index is 12.8. The first-order chi connectivity index (χ1) is 13.3. The summed E-state index contributed by atoms with van der Waals surface area (Å²) in [7, 11) is 0. The van der Waals surface area contributed by atoms with Gasteiger partial charge in [-0.1, -0.05) is 35.9 Å². The van der Waals surface area contributed by atoms with Gasteiger partial charge in [-0.2, -0.15) is 13.2 Å². The normalized spacial score (nSPS) is 11.1. The number of alkyl halides is 3. The highest BCUT2D eigenvalue weighted by atomic mass is 19.4. The standard InChI is InChI=1S/C21H18F3N3O/c1-14-5-7-15(8-6-14)11-26-19-9-16(12-25-13-19)20(28)27-18-4-2-3-17(10-18)21(22,23)24/h2-10,12-13,26H,11H2,1H3,(H,27,28). The lowest BCUT2D eigenvalue weighted by atomic mass is 10.1. The van der Waals surface area contributed by atoms with E-state index in [0.717, 1.165) is 17.7 Å². The number of hydrogen-bond acceptors (Lipinski definition) is 3. The molecular formula is C21H18F3N3O. The highest BCUT2D eigenvalue weighted by Gasteiger charge is 2.30. The second kappa shape index (κ2) is 8.12. The molecule has 0 aliphatic carbocycles. The zero-order chi connectivity index (χ0) is 20.1. The maximum absolute atomic E-state index is 12.8. The monoisotopic (exact) mass is 385 g/mol. The number of aromatic nitrogens is 1. The van der Waals surface area contributed by atoms with Crippen molar-refractivity contribution in [1.29, 1.82) is 0 Å². The van der Waals surface area contributed by atoms with Crippen LogP contribution in [0.4, 0.5) is 24.5 Å². The second-order valence-electron chi connectivity index (χ2n) is 6.33. The molecule has 2 aromatic carbocycles. The molecule has 0 saturated heterocycles. The summed E-state index contributed by atoms with van der Waals surface area (Å²) in [6.07, 6.45) is -1.53. The maximum Gasteiger partial charge on any atom is 0.416 e. The number of anilines is 2. The van der Waals surface area contributed by atoms with Crippen molar-refractivity contribution in [2.24, 2.45) is 0 Å². The molecule has 0 aliphatic heterocycles. The highest BCUT2D eigenvalue weighted by molar-refractivity contribution is 6.04. The molecule has 1 heterocycles. The topological polar surface area (TPSA) is 54.0 Å². The molecule has 1 amide bonds. The largest absolute Gasteiger partial charge is 0.416 e. The van der Waals surface area contributed by atoms with E-state index in [9.17, 15) is 18.0 Å². The summed E-state index contributed by atoms with van der Waals surface area (Å²) in [4.78, 5) is 16.4. The van der Waals surface area contributed by atoms with Crippen LogP contribution < -0.4 is 10.6 Å². The zero-order valence-electron chi connectivity index (χ0n) is 15.0. The van der Waals surface area contributed by atoms with Gasteiger partial charge in [0.15, 0.2) is 0 Å². The van der Waals surface area contributed by atoms with Gasteiger partial charge in [-0.3, -0.25) is 9.78 Å². The van der Waals surface area contributed by atoms with Crippen molar-refractivity contribution in [3.8, 4) is 0 Å². The van der Waals surface area contributed by atoms with E-state index in [1.54, 1.807) is 12.3 Å². The Hall–Kier alpha value is -3.35. The quantitative estimate of drug-likeness (QED) is 0.629.